The van der Waals surface area contributed by atoms with Crippen molar-refractivity contribution in [2.75, 3.05) is 25.1 Å². The molecule has 2 aromatic rings. The van der Waals surface area contributed by atoms with Crippen LogP contribution in [0.2, 0.25) is 0 Å². The molecule has 1 fully saturated rings. The maximum atomic E-state index is 12.9. The first kappa shape index (κ1) is 21.1. The summed E-state index contributed by atoms with van der Waals surface area (Å²) < 4.78 is 5.12. The number of nitrogens with one attached hydrogen (secondary N) is 1. The molecule has 4 amide bonds. The molecule has 1 heterocycles. The molecule has 0 bridgehead atoms. The van der Waals surface area contributed by atoms with Crippen molar-refractivity contribution in [3.63, 3.8) is 0 Å². The zero-order chi connectivity index (χ0) is 21.7. The van der Waals surface area contributed by atoms with Gasteiger partial charge < -0.3 is 9.64 Å². The van der Waals surface area contributed by atoms with E-state index in [0.717, 1.165) is 29.2 Å². The van der Waals surface area contributed by atoms with Crippen molar-refractivity contribution in [2.24, 2.45) is 0 Å². The number of nitrogens with zero attached hydrogens (tertiary/aromatic N) is 2. The molecule has 30 heavy (non-hydrogen) atoms. The van der Waals surface area contributed by atoms with Gasteiger partial charge in [-0.1, -0.05) is 24.3 Å². The van der Waals surface area contributed by atoms with Crippen LogP contribution in [0.3, 0.4) is 0 Å². The Morgan fingerprint density at radius 3 is 2.17 bits per heavy atom. The summed E-state index contributed by atoms with van der Waals surface area (Å²) in [4.78, 5) is 40.7. The van der Waals surface area contributed by atoms with Crippen molar-refractivity contribution in [3.8, 4) is 5.75 Å². The number of barbiturate groups is 1. The van der Waals surface area contributed by atoms with Crippen molar-refractivity contribution in [3.05, 3.63) is 65.2 Å². The van der Waals surface area contributed by atoms with Crippen LogP contribution in [0.4, 0.5) is 10.5 Å². The monoisotopic (exact) mass is 407 g/mol. The van der Waals surface area contributed by atoms with Crippen molar-refractivity contribution in [2.45, 2.75) is 20.4 Å². The lowest BCUT2D eigenvalue weighted by atomic mass is 10.1. The van der Waals surface area contributed by atoms with E-state index in [4.69, 9.17) is 4.74 Å². The Morgan fingerprint density at radius 1 is 0.967 bits per heavy atom. The first-order chi connectivity index (χ1) is 14.5. The Labute approximate surface area is 175 Å². The maximum absolute atomic E-state index is 12.9. The number of amides is 4. The predicted octanol–water partition coefficient (Wildman–Crippen LogP) is 3.20. The standard InChI is InChI=1S/C23H25N3O4/c1-4-25(5-2)18-10-6-16(7-11-18)14-20-21(27)24-23(29)26(22(20)28)15-17-8-12-19(30-3)13-9-17/h6-14H,4-5,15H2,1-3H3,(H,24,27,29)/b20-14+. The molecule has 0 saturated carbocycles. The summed E-state index contributed by atoms with van der Waals surface area (Å²) in [6, 6.07) is 13.9. The highest BCUT2D eigenvalue weighted by Gasteiger charge is 2.35. The van der Waals surface area contributed by atoms with Crippen molar-refractivity contribution < 1.29 is 19.1 Å². The third-order valence-corrected chi connectivity index (χ3v) is 5.02. The Morgan fingerprint density at radius 2 is 1.60 bits per heavy atom. The molecule has 1 aliphatic heterocycles. The summed E-state index contributed by atoms with van der Waals surface area (Å²) in [6.45, 7) is 6.00. The summed E-state index contributed by atoms with van der Waals surface area (Å²) in [5.41, 5.74) is 2.45. The zero-order valence-corrected chi connectivity index (χ0v) is 17.3. The Bertz CT molecular complexity index is 961. The average Bonchev–Trinajstić information content (AvgIpc) is 2.76. The fourth-order valence-electron chi connectivity index (χ4n) is 3.29. The molecule has 1 aliphatic rings. The van der Waals surface area contributed by atoms with Gasteiger partial charge in [0, 0.05) is 18.8 Å². The van der Waals surface area contributed by atoms with E-state index in [9.17, 15) is 14.4 Å². The van der Waals surface area contributed by atoms with Gasteiger partial charge in [0.25, 0.3) is 11.8 Å². The lowest BCUT2D eigenvalue weighted by Crippen LogP contribution is -2.53. The van der Waals surface area contributed by atoms with Crippen LogP contribution in [0, 0.1) is 0 Å². The fraction of sp³-hybridized carbons (Fsp3) is 0.261. The molecule has 0 spiro atoms. The van der Waals surface area contributed by atoms with E-state index in [1.165, 1.54) is 6.08 Å². The number of urea groups is 1. The number of anilines is 1. The summed E-state index contributed by atoms with van der Waals surface area (Å²) in [5.74, 6) is -0.631. The van der Waals surface area contributed by atoms with Crippen LogP contribution in [0.1, 0.15) is 25.0 Å². The Balaban J connectivity index is 1.82. The lowest BCUT2D eigenvalue weighted by molar-refractivity contribution is -0.130. The minimum Gasteiger partial charge on any atom is -0.497 e. The van der Waals surface area contributed by atoms with E-state index in [1.54, 1.807) is 31.4 Å². The Kier molecular flexibility index (Phi) is 6.51. The summed E-state index contributed by atoms with van der Waals surface area (Å²) in [7, 11) is 1.56. The highest BCUT2D eigenvalue weighted by atomic mass is 16.5. The van der Waals surface area contributed by atoms with Crippen molar-refractivity contribution in [1.82, 2.24) is 10.2 Å². The number of hydrogen-bond donors (Lipinski definition) is 1. The number of carbonyl (C=O) groups excluding carboxylic acids is 3. The molecule has 7 heteroatoms. The van der Waals surface area contributed by atoms with Crippen LogP contribution in [0.15, 0.2) is 54.1 Å². The van der Waals surface area contributed by atoms with Gasteiger partial charge in [0.2, 0.25) is 0 Å². The minimum absolute atomic E-state index is 0.0557. The molecule has 0 unspecified atom stereocenters. The van der Waals surface area contributed by atoms with Gasteiger partial charge in [0.05, 0.1) is 13.7 Å². The molecular weight excluding hydrogens is 382 g/mol. The van der Waals surface area contributed by atoms with Gasteiger partial charge in [-0.25, -0.2) is 4.79 Å². The zero-order valence-electron chi connectivity index (χ0n) is 17.3. The number of benzene rings is 2. The van der Waals surface area contributed by atoms with E-state index < -0.39 is 17.8 Å². The van der Waals surface area contributed by atoms with E-state index >= 15 is 0 Å². The summed E-state index contributed by atoms with van der Waals surface area (Å²) in [5, 5.41) is 2.25. The molecule has 3 rings (SSSR count). The number of imide groups is 2. The Hall–Kier alpha value is -3.61. The van der Waals surface area contributed by atoms with Gasteiger partial charge in [-0.15, -0.1) is 0 Å². The van der Waals surface area contributed by atoms with Crippen molar-refractivity contribution in [1.29, 1.82) is 0 Å². The maximum Gasteiger partial charge on any atom is 0.331 e. The van der Waals surface area contributed by atoms with Crippen LogP contribution in [-0.4, -0.2) is 42.9 Å². The van der Waals surface area contributed by atoms with Crippen LogP contribution >= 0.6 is 0 Å². The van der Waals surface area contributed by atoms with Gasteiger partial charge in [0.15, 0.2) is 0 Å². The number of rotatable bonds is 7. The largest absolute Gasteiger partial charge is 0.497 e. The molecule has 2 aromatic carbocycles. The molecule has 0 atom stereocenters. The summed E-state index contributed by atoms with van der Waals surface area (Å²) in [6.07, 6.45) is 1.51. The molecule has 156 valence electrons. The number of carbonyl (C=O) groups is 3. The minimum atomic E-state index is -0.727. The quantitative estimate of drug-likeness (QED) is 0.563. The second kappa shape index (κ2) is 9.26. The van der Waals surface area contributed by atoms with Crippen LogP contribution < -0.4 is 15.0 Å². The molecule has 0 aromatic heterocycles. The lowest BCUT2D eigenvalue weighted by Gasteiger charge is -2.26. The topological polar surface area (TPSA) is 79.0 Å². The van der Waals surface area contributed by atoms with Crippen LogP contribution in [0.25, 0.3) is 6.08 Å². The van der Waals surface area contributed by atoms with Gasteiger partial charge >= 0.3 is 6.03 Å². The van der Waals surface area contributed by atoms with E-state index in [2.05, 4.69) is 24.1 Å². The SMILES string of the molecule is CCN(CC)c1ccc(/C=C2\C(=O)NC(=O)N(Cc3ccc(OC)cc3)C2=O)cc1. The van der Waals surface area contributed by atoms with Crippen molar-refractivity contribution >= 4 is 29.6 Å². The van der Waals surface area contributed by atoms with E-state index in [-0.39, 0.29) is 12.1 Å². The molecule has 1 saturated heterocycles. The number of hydrogen-bond acceptors (Lipinski definition) is 5. The number of ether oxygens (including phenoxy) is 1. The average molecular weight is 407 g/mol. The first-order valence-corrected chi connectivity index (χ1v) is 9.83. The van der Waals surface area contributed by atoms with Crippen LogP contribution in [0.5, 0.6) is 5.75 Å². The first-order valence-electron chi connectivity index (χ1n) is 9.83. The van der Waals surface area contributed by atoms with E-state index in [1.807, 2.05) is 24.3 Å². The predicted molar refractivity (Wildman–Crippen MR) is 115 cm³/mol. The molecule has 0 radical (unpaired) electrons. The number of methoxy groups -OCH3 is 1. The fourth-order valence-corrected chi connectivity index (χ4v) is 3.29. The van der Waals surface area contributed by atoms with E-state index in [0.29, 0.717) is 11.3 Å². The third-order valence-electron chi connectivity index (χ3n) is 5.02. The molecule has 1 N–H and O–H groups in total. The third kappa shape index (κ3) is 4.51. The van der Waals surface area contributed by atoms with Gasteiger partial charge in [-0.2, -0.15) is 0 Å². The second-order valence-electron chi connectivity index (χ2n) is 6.82. The smallest absolute Gasteiger partial charge is 0.331 e. The summed E-state index contributed by atoms with van der Waals surface area (Å²) >= 11 is 0. The van der Waals surface area contributed by atoms with Crippen LogP contribution in [-0.2, 0) is 16.1 Å². The van der Waals surface area contributed by atoms with Gasteiger partial charge in [0.1, 0.15) is 11.3 Å². The molecular formula is C23H25N3O4. The second-order valence-corrected chi connectivity index (χ2v) is 6.82. The highest BCUT2D eigenvalue weighted by Crippen LogP contribution is 2.20. The highest BCUT2D eigenvalue weighted by molar-refractivity contribution is 6.30. The normalized spacial score (nSPS) is 15.4. The molecule has 0 aliphatic carbocycles. The van der Waals surface area contributed by atoms with Gasteiger partial charge in [-0.05, 0) is 55.3 Å². The van der Waals surface area contributed by atoms with Gasteiger partial charge in [-0.3, -0.25) is 19.8 Å². The molecule has 7 nitrogen and oxygen atoms in total.